The van der Waals surface area contributed by atoms with Gasteiger partial charge in [0.25, 0.3) is 0 Å². The highest BCUT2D eigenvalue weighted by Crippen LogP contribution is 2.30. The van der Waals surface area contributed by atoms with Gasteiger partial charge < -0.3 is 5.73 Å². The summed E-state index contributed by atoms with van der Waals surface area (Å²) in [6.45, 7) is 0. The van der Waals surface area contributed by atoms with E-state index in [1.165, 1.54) is 23.9 Å². The largest absolute Gasteiger partial charge is 0.399 e. The number of halogens is 2. The summed E-state index contributed by atoms with van der Waals surface area (Å²) in [6, 6.07) is 10.6. The molecule has 0 saturated heterocycles. The van der Waals surface area contributed by atoms with Gasteiger partial charge in [-0.25, -0.2) is 8.78 Å². The summed E-state index contributed by atoms with van der Waals surface area (Å²) in [5, 5.41) is 0. The van der Waals surface area contributed by atoms with Crippen LogP contribution in [-0.4, -0.2) is 0 Å². The Balaban J connectivity index is 2.23. The van der Waals surface area contributed by atoms with Crippen molar-refractivity contribution in [1.82, 2.24) is 0 Å². The Morgan fingerprint density at radius 1 is 0.938 bits per heavy atom. The summed E-state index contributed by atoms with van der Waals surface area (Å²) in [5.41, 5.74) is 6.19. The van der Waals surface area contributed by atoms with Gasteiger partial charge in [0.05, 0.1) is 0 Å². The third-order valence-electron chi connectivity index (χ3n) is 2.00. The van der Waals surface area contributed by atoms with Crippen LogP contribution in [0.3, 0.4) is 0 Å². The van der Waals surface area contributed by atoms with Crippen molar-refractivity contribution in [2.24, 2.45) is 0 Å². The van der Waals surface area contributed by atoms with Gasteiger partial charge in [0.2, 0.25) is 0 Å². The van der Waals surface area contributed by atoms with Crippen LogP contribution in [0.2, 0.25) is 0 Å². The maximum absolute atomic E-state index is 13.3. The molecule has 0 aromatic heterocycles. The van der Waals surface area contributed by atoms with E-state index >= 15 is 0 Å². The third kappa shape index (κ3) is 2.52. The maximum Gasteiger partial charge on any atom is 0.140 e. The van der Waals surface area contributed by atoms with Crippen molar-refractivity contribution in [1.29, 1.82) is 0 Å². The number of hydrogen-bond donors (Lipinski definition) is 1. The van der Waals surface area contributed by atoms with Gasteiger partial charge in [0, 0.05) is 21.5 Å². The molecule has 0 saturated carbocycles. The van der Waals surface area contributed by atoms with Gasteiger partial charge in [-0.3, -0.25) is 0 Å². The minimum Gasteiger partial charge on any atom is -0.399 e. The molecule has 2 aromatic carbocycles. The Kier molecular flexibility index (Phi) is 3.10. The summed E-state index contributed by atoms with van der Waals surface area (Å²) in [4.78, 5) is 1.26. The Morgan fingerprint density at radius 2 is 1.62 bits per heavy atom. The van der Waals surface area contributed by atoms with E-state index in [2.05, 4.69) is 0 Å². The van der Waals surface area contributed by atoms with E-state index < -0.39 is 11.6 Å². The number of rotatable bonds is 2. The van der Waals surface area contributed by atoms with Gasteiger partial charge in [0.15, 0.2) is 0 Å². The fraction of sp³-hybridized carbons (Fsp3) is 0. The van der Waals surface area contributed by atoms with E-state index in [0.717, 1.165) is 11.0 Å². The highest BCUT2D eigenvalue weighted by molar-refractivity contribution is 7.99. The topological polar surface area (TPSA) is 26.0 Å². The quantitative estimate of drug-likeness (QED) is 0.806. The zero-order chi connectivity index (χ0) is 11.5. The summed E-state index contributed by atoms with van der Waals surface area (Å²) in [6.07, 6.45) is 0. The second-order valence-corrected chi connectivity index (χ2v) is 4.36. The van der Waals surface area contributed by atoms with E-state index in [1.807, 2.05) is 0 Å². The average Bonchev–Trinajstić information content (AvgIpc) is 2.25. The standard InChI is InChI=1S/C12H9F2NS/c13-8-1-6-12(11(14)7-8)16-10-4-2-9(15)3-5-10/h1-7H,15H2. The van der Waals surface area contributed by atoms with Crippen molar-refractivity contribution in [2.45, 2.75) is 9.79 Å². The van der Waals surface area contributed by atoms with E-state index in [9.17, 15) is 8.78 Å². The van der Waals surface area contributed by atoms with Crippen LogP contribution in [0.15, 0.2) is 52.3 Å². The number of anilines is 1. The Labute approximate surface area is 96.3 Å². The van der Waals surface area contributed by atoms with Crippen molar-refractivity contribution < 1.29 is 8.78 Å². The van der Waals surface area contributed by atoms with E-state index in [4.69, 9.17) is 5.73 Å². The smallest absolute Gasteiger partial charge is 0.140 e. The van der Waals surface area contributed by atoms with Crippen molar-refractivity contribution in [3.63, 3.8) is 0 Å². The van der Waals surface area contributed by atoms with Gasteiger partial charge in [0.1, 0.15) is 11.6 Å². The molecule has 0 atom stereocenters. The van der Waals surface area contributed by atoms with Gasteiger partial charge in [-0.2, -0.15) is 0 Å². The molecule has 0 heterocycles. The summed E-state index contributed by atoms with van der Waals surface area (Å²) in [5.74, 6) is -1.12. The summed E-state index contributed by atoms with van der Waals surface area (Å²) in [7, 11) is 0. The van der Waals surface area contributed by atoms with Crippen molar-refractivity contribution in [3.8, 4) is 0 Å². The molecule has 0 aliphatic rings. The first-order valence-electron chi connectivity index (χ1n) is 4.63. The molecule has 1 nitrogen and oxygen atoms in total. The Morgan fingerprint density at radius 3 is 2.25 bits per heavy atom. The van der Waals surface area contributed by atoms with Crippen molar-refractivity contribution in [3.05, 3.63) is 54.1 Å². The van der Waals surface area contributed by atoms with Crippen LogP contribution >= 0.6 is 11.8 Å². The molecule has 2 rings (SSSR count). The fourth-order valence-corrected chi connectivity index (χ4v) is 2.04. The molecular formula is C12H9F2NS. The monoisotopic (exact) mass is 237 g/mol. The van der Waals surface area contributed by atoms with Crippen LogP contribution in [0.5, 0.6) is 0 Å². The molecule has 0 bridgehead atoms. The second-order valence-electron chi connectivity index (χ2n) is 3.25. The summed E-state index contributed by atoms with van der Waals surface area (Å²) >= 11 is 1.23. The lowest BCUT2D eigenvalue weighted by Gasteiger charge is -2.03. The lowest BCUT2D eigenvalue weighted by Crippen LogP contribution is -1.85. The molecule has 0 spiro atoms. The predicted molar refractivity (Wildman–Crippen MR) is 61.3 cm³/mol. The van der Waals surface area contributed by atoms with Crippen LogP contribution in [0.25, 0.3) is 0 Å². The molecule has 2 N–H and O–H groups in total. The van der Waals surface area contributed by atoms with Crippen molar-refractivity contribution >= 4 is 17.4 Å². The zero-order valence-corrected chi connectivity index (χ0v) is 9.10. The molecule has 0 radical (unpaired) electrons. The molecular weight excluding hydrogens is 228 g/mol. The van der Waals surface area contributed by atoms with E-state index in [-0.39, 0.29) is 0 Å². The number of nitrogens with two attached hydrogens (primary N) is 1. The van der Waals surface area contributed by atoms with Crippen molar-refractivity contribution in [2.75, 3.05) is 5.73 Å². The van der Waals surface area contributed by atoms with E-state index in [0.29, 0.717) is 10.6 Å². The number of hydrogen-bond acceptors (Lipinski definition) is 2. The van der Waals surface area contributed by atoms with E-state index in [1.54, 1.807) is 24.3 Å². The normalized spacial score (nSPS) is 10.4. The molecule has 4 heteroatoms. The van der Waals surface area contributed by atoms with Crippen LogP contribution in [0, 0.1) is 11.6 Å². The first-order chi connectivity index (χ1) is 7.65. The maximum atomic E-state index is 13.3. The first-order valence-corrected chi connectivity index (χ1v) is 5.45. The molecule has 0 aliphatic heterocycles. The van der Waals surface area contributed by atoms with Gasteiger partial charge in [-0.1, -0.05) is 11.8 Å². The molecule has 0 aliphatic carbocycles. The van der Waals surface area contributed by atoms with Gasteiger partial charge in [-0.15, -0.1) is 0 Å². The van der Waals surface area contributed by atoms with Crippen LogP contribution in [0.1, 0.15) is 0 Å². The van der Waals surface area contributed by atoms with Crippen LogP contribution < -0.4 is 5.73 Å². The van der Waals surface area contributed by atoms with Gasteiger partial charge >= 0.3 is 0 Å². The number of benzene rings is 2. The molecule has 0 unspecified atom stereocenters. The average molecular weight is 237 g/mol. The number of nitrogen functional groups attached to an aromatic ring is 1. The molecule has 16 heavy (non-hydrogen) atoms. The highest BCUT2D eigenvalue weighted by atomic mass is 32.2. The molecule has 0 fully saturated rings. The zero-order valence-electron chi connectivity index (χ0n) is 8.28. The third-order valence-corrected chi connectivity index (χ3v) is 3.06. The lowest BCUT2D eigenvalue weighted by atomic mass is 10.3. The summed E-state index contributed by atoms with van der Waals surface area (Å²) < 4.78 is 26.0. The fourth-order valence-electron chi connectivity index (χ4n) is 1.22. The SMILES string of the molecule is Nc1ccc(Sc2ccc(F)cc2F)cc1. The lowest BCUT2D eigenvalue weighted by molar-refractivity contribution is 0.565. The minimum absolute atomic E-state index is 0.395. The Hall–Kier alpha value is -1.55. The molecule has 2 aromatic rings. The minimum atomic E-state index is -0.570. The van der Waals surface area contributed by atoms with Gasteiger partial charge in [-0.05, 0) is 36.4 Å². The van der Waals surface area contributed by atoms with Crippen LogP contribution in [-0.2, 0) is 0 Å². The highest BCUT2D eigenvalue weighted by Gasteiger charge is 2.05. The second kappa shape index (κ2) is 4.53. The van der Waals surface area contributed by atoms with Crippen LogP contribution in [0.4, 0.5) is 14.5 Å². The molecule has 82 valence electrons. The molecule has 0 amide bonds. The predicted octanol–water partition coefficient (Wildman–Crippen LogP) is 3.70. The Bertz CT molecular complexity index is 497. The first kappa shape index (κ1) is 11.0.